The Morgan fingerprint density at radius 2 is 1.96 bits per heavy atom. The van der Waals surface area contributed by atoms with Crippen LogP contribution in [0.1, 0.15) is 23.8 Å². The van der Waals surface area contributed by atoms with Crippen molar-refractivity contribution in [2.24, 2.45) is 7.05 Å². The Hall–Kier alpha value is -2.08. The van der Waals surface area contributed by atoms with E-state index in [1.54, 1.807) is 13.0 Å². The summed E-state index contributed by atoms with van der Waals surface area (Å²) in [6.07, 6.45) is 0.168. The lowest BCUT2D eigenvalue weighted by atomic mass is 10.1. The number of hydrogen-bond donors (Lipinski definition) is 1. The number of carbonyl (C=O) groups excluding carboxylic acids is 2. The van der Waals surface area contributed by atoms with Crippen molar-refractivity contribution < 1.29 is 14.3 Å². The van der Waals surface area contributed by atoms with Gasteiger partial charge in [-0.2, -0.15) is 0 Å². The maximum Gasteiger partial charge on any atom is 0.307 e. The van der Waals surface area contributed by atoms with Crippen LogP contribution in [0.5, 0.6) is 0 Å². The Morgan fingerprint density at radius 1 is 1.22 bits per heavy atom. The molecule has 0 spiro atoms. The molecule has 0 saturated heterocycles. The van der Waals surface area contributed by atoms with Crippen molar-refractivity contribution in [1.29, 1.82) is 0 Å². The highest BCUT2D eigenvalue weighted by Gasteiger charge is 2.15. The molecule has 0 aliphatic rings. The second kappa shape index (κ2) is 7.97. The molecule has 0 unspecified atom stereocenters. The number of carbonyl (C=O) groups is 2. The quantitative estimate of drug-likeness (QED) is 0.785. The fourth-order valence-corrected chi connectivity index (χ4v) is 2.77. The molecule has 0 atom stereocenters. The molecule has 1 heterocycles. The zero-order chi connectivity index (χ0) is 16.8. The van der Waals surface area contributed by atoms with E-state index in [9.17, 15) is 9.59 Å². The fourth-order valence-electron chi connectivity index (χ4n) is 2.28. The topological polar surface area (TPSA) is 60.3 Å². The SMILES string of the molecule is CCOC(=O)CCNC(=O)c1ccc(-c2ccccc2Br)n1C. The average Bonchev–Trinajstić information content (AvgIpc) is 2.89. The first kappa shape index (κ1) is 17.3. The lowest BCUT2D eigenvalue weighted by molar-refractivity contribution is -0.142. The van der Waals surface area contributed by atoms with Crippen molar-refractivity contribution in [1.82, 2.24) is 9.88 Å². The molecule has 0 fully saturated rings. The lowest BCUT2D eigenvalue weighted by Gasteiger charge is -2.10. The van der Waals surface area contributed by atoms with Crippen LogP contribution in [0, 0.1) is 0 Å². The van der Waals surface area contributed by atoms with Gasteiger partial charge in [0, 0.05) is 29.3 Å². The van der Waals surface area contributed by atoms with Gasteiger partial charge in [0.25, 0.3) is 5.91 Å². The molecule has 0 aliphatic heterocycles. The van der Waals surface area contributed by atoms with Crippen LogP contribution in [0.15, 0.2) is 40.9 Å². The first-order valence-electron chi connectivity index (χ1n) is 7.39. The van der Waals surface area contributed by atoms with Crippen molar-refractivity contribution in [2.75, 3.05) is 13.2 Å². The smallest absolute Gasteiger partial charge is 0.307 e. The summed E-state index contributed by atoms with van der Waals surface area (Å²) in [5.74, 6) is -0.524. The van der Waals surface area contributed by atoms with Crippen molar-refractivity contribution in [3.05, 3.63) is 46.6 Å². The molecular weight excluding hydrogens is 360 g/mol. The van der Waals surface area contributed by atoms with Gasteiger partial charge in [-0.25, -0.2) is 0 Å². The van der Waals surface area contributed by atoms with Gasteiger partial charge in [0.2, 0.25) is 0 Å². The van der Waals surface area contributed by atoms with Crippen LogP contribution in [0.4, 0.5) is 0 Å². The molecule has 0 bridgehead atoms. The molecule has 6 heteroatoms. The number of nitrogens with one attached hydrogen (secondary N) is 1. The van der Waals surface area contributed by atoms with Crippen LogP contribution in [0.2, 0.25) is 0 Å². The summed E-state index contributed by atoms with van der Waals surface area (Å²) in [7, 11) is 1.84. The number of rotatable bonds is 6. The van der Waals surface area contributed by atoms with Gasteiger partial charge in [0.05, 0.1) is 13.0 Å². The number of aromatic nitrogens is 1. The van der Waals surface area contributed by atoms with Gasteiger partial charge in [0.15, 0.2) is 0 Å². The van der Waals surface area contributed by atoms with Crippen LogP contribution < -0.4 is 5.32 Å². The van der Waals surface area contributed by atoms with Crippen LogP contribution in [0.3, 0.4) is 0 Å². The van der Waals surface area contributed by atoms with E-state index < -0.39 is 0 Å². The minimum Gasteiger partial charge on any atom is -0.466 e. The number of nitrogens with zero attached hydrogens (tertiary/aromatic N) is 1. The second-order valence-electron chi connectivity index (χ2n) is 4.95. The number of benzene rings is 1. The third-order valence-electron chi connectivity index (χ3n) is 3.42. The summed E-state index contributed by atoms with van der Waals surface area (Å²) in [4.78, 5) is 23.5. The van der Waals surface area contributed by atoms with Gasteiger partial charge < -0.3 is 14.6 Å². The van der Waals surface area contributed by atoms with E-state index >= 15 is 0 Å². The Bertz CT molecular complexity index is 710. The minimum atomic E-state index is -0.311. The van der Waals surface area contributed by atoms with E-state index in [-0.39, 0.29) is 24.8 Å². The normalized spacial score (nSPS) is 10.4. The molecular formula is C17H19BrN2O3. The number of halogens is 1. The van der Waals surface area contributed by atoms with Crippen LogP contribution in [-0.4, -0.2) is 29.6 Å². The molecule has 1 aromatic heterocycles. The molecule has 0 saturated carbocycles. The predicted molar refractivity (Wildman–Crippen MR) is 92.1 cm³/mol. The predicted octanol–water partition coefficient (Wildman–Crippen LogP) is 3.14. The summed E-state index contributed by atoms with van der Waals surface area (Å²) >= 11 is 3.52. The fraction of sp³-hybridized carbons (Fsp3) is 0.294. The number of hydrogen-bond acceptors (Lipinski definition) is 3. The summed E-state index contributed by atoms with van der Waals surface area (Å²) < 4.78 is 7.63. The Labute approximate surface area is 143 Å². The highest BCUT2D eigenvalue weighted by Crippen LogP contribution is 2.28. The van der Waals surface area contributed by atoms with Gasteiger partial charge in [-0.15, -0.1) is 0 Å². The molecule has 0 aliphatic carbocycles. The van der Waals surface area contributed by atoms with Gasteiger partial charge in [-0.3, -0.25) is 9.59 Å². The number of esters is 1. The maximum absolute atomic E-state index is 12.2. The largest absolute Gasteiger partial charge is 0.466 e. The Kier molecular flexibility index (Phi) is 5.98. The van der Waals surface area contributed by atoms with E-state index in [0.717, 1.165) is 15.7 Å². The van der Waals surface area contributed by atoms with Gasteiger partial charge in [0.1, 0.15) is 5.69 Å². The molecule has 1 aromatic carbocycles. The van der Waals surface area contributed by atoms with E-state index in [2.05, 4.69) is 21.2 Å². The van der Waals surface area contributed by atoms with Crippen LogP contribution >= 0.6 is 15.9 Å². The van der Waals surface area contributed by atoms with Gasteiger partial charge in [-0.1, -0.05) is 34.1 Å². The highest BCUT2D eigenvalue weighted by atomic mass is 79.9. The Balaban J connectivity index is 2.06. The van der Waals surface area contributed by atoms with E-state index in [0.29, 0.717) is 12.3 Å². The molecule has 2 rings (SSSR count). The maximum atomic E-state index is 12.2. The molecule has 5 nitrogen and oxygen atoms in total. The van der Waals surface area contributed by atoms with E-state index in [4.69, 9.17) is 4.74 Å². The third-order valence-corrected chi connectivity index (χ3v) is 4.12. The van der Waals surface area contributed by atoms with Crippen LogP contribution in [-0.2, 0) is 16.6 Å². The van der Waals surface area contributed by atoms with Crippen molar-refractivity contribution >= 4 is 27.8 Å². The standard InChI is InChI=1S/C17H19BrN2O3/c1-3-23-16(21)10-11-19-17(22)15-9-8-14(20(15)2)12-6-4-5-7-13(12)18/h4-9H,3,10-11H2,1-2H3,(H,19,22). The van der Waals surface area contributed by atoms with E-state index in [1.807, 2.05) is 41.9 Å². The molecule has 0 radical (unpaired) electrons. The summed E-state index contributed by atoms with van der Waals surface area (Å²) in [6.45, 7) is 2.36. The van der Waals surface area contributed by atoms with Gasteiger partial charge in [-0.05, 0) is 25.1 Å². The molecule has 23 heavy (non-hydrogen) atoms. The van der Waals surface area contributed by atoms with E-state index in [1.165, 1.54) is 0 Å². The van der Waals surface area contributed by atoms with Crippen molar-refractivity contribution in [2.45, 2.75) is 13.3 Å². The first-order chi connectivity index (χ1) is 11.0. The minimum absolute atomic E-state index is 0.168. The average molecular weight is 379 g/mol. The molecule has 122 valence electrons. The summed E-state index contributed by atoms with van der Waals surface area (Å²) in [6, 6.07) is 11.5. The zero-order valence-corrected chi connectivity index (χ0v) is 14.7. The number of amides is 1. The second-order valence-corrected chi connectivity index (χ2v) is 5.81. The summed E-state index contributed by atoms with van der Waals surface area (Å²) in [5, 5.41) is 2.74. The monoisotopic (exact) mass is 378 g/mol. The molecule has 1 amide bonds. The Morgan fingerprint density at radius 3 is 2.65 bits per heavy atom. The van der Waals surface area contributed by atoms with Crippen molar-refractivity contribution in [3.8, 4) is 11.3 Å². The lowest BCUT2D eigenvalue weighted by Crippen LogP contribution is -2.28. The first-order valence-corrected chi connectivity index (χ1v) is 8.18. The van der Waals surface area contributed by atoms with Crippen molar-refractivity contribution in [3.63, 3.8) is 0 Å². The molecule has 1 N–H and O–H groups in total. The summed E-state index contributed by atoms with van der Waals surface area (Å²) in [5.41, 5.74) is 2.49. The van der Waals surface area contributed by atoms with Crippen LogP contribution in [0.25, 0.3) is 11.3 Å². The molecule has 2 aromatic rings. The highest BCUT2D eigenvalue weighted by molar-refractivity contribution is 9.10. The third kappa shape index (κ3) is 4.22. The van der Waals surface area contributed by atoms with Gasteiger partial charge >= 0.3 is 5.97 Å². The zero-order valence-electron chi connectivity index (χ0n) is 13.1. The number of ether oxygens (including phenoxy) is 1.